The van der Waals surface area contributed by atoms with Crippen LogP contribution in [-0.4, -0.2) is 12.1 Å². The van der Waals surface area contributed by atoms with Gasteiger partial charge >= 0.3 is 12.1 Å². The lowest BCUT2D eigenvalue weighted by atomic mass is 10.2. The third kappa shape index (κ3) is 2.97. The number of carbonyl (C=O) groups is 1. The highest BCUT2D eigenvalue weighted by Gasteiger charge is 2.38. The SMILES string of the molecule is N#Cc1ccc(NC(=O)C(F)(F)F)c(Br)c1. The van der Waals surface area contributed by atoms with E-state index in [1.807, 2.05) is 6.07 Å². The van der Waals surface area contributed by atoms with Gasteiger partial charge in [0.25, 0.3) is 0 Å². The largest absolute Gasteiger partial charge is 0.471 e. The fourth-order valence-corrected chi connectivity index (χ4v) is 1.36. The summed E-state index contributed by atoms with van der Waals surface area (Å²) in [4.78, 5) is 10.6. The monoisotopic (exact) mass is 292 g/mol. The number of nitrogens with zero attached hydrogens (tertiary/aromatic N) is 1. The van der Waals surface area contributed by atoms with Crippen LogP contribution in [0.5, 0.6) is 0 Å². The van der Waals surface area contributed by atoms with Gasteiger partial charge in [-0.2, -0.15) is 18.4 Å². The summed E-state index contributed by atoms with van der Waals surface area (Å²) >= 11 is 2.95. The maximum atomic E-state index is 11.9. The van der Waals surface area contributed by atoms with Gasteiger partial charge in [0.2, 0.25) is 0 Å². The van der Waals surface area contributed by atoms with Crippen LogP contribution in [0.25, 0.3) is 0 Å². The van der Waals surface area contributed by atoms with Gasteiger partial charge in [-0.1, -0.05) is 0 Å². The van der Waals surface area contributed by atoms with Crippen LogP contribution >= 0.6 is 15.9 Å². The molecule has 0 aliphatic carbocycles. The summed E-state index contributed by atoms with van der Waals surface area (Å²) in [6.07, 6.45) is -4.94. The van der Waals surface area contributed by atoms with E-state index in [0.717, 1.165) is 0 Å². The lowest BCUT2D eigenvalue weighted by Crippen LogP contribution is -2.30. The molecule has 0 saturated heterocycles. The Morgan fingerprint density at radius 3 is 2.50 bits per heavy atom. The molecular formula is C9H4BrF3N2O. The maximum Gasteiger partial charge on any atom is 0.471 e. The predicted octanol–water partition coefficient (Wildman–Crippen LogP) is 2.82. The highest BCUT2D eigenvalue weighted by molar-refractivity contribution is 9.10. The van der Waals surface area contributed by atoms with Crippen molar-refractivity contribution in [1.82, 2.24) is 0 Å². The Hall–Kier alpha value is -1.55. The van der Waals surface area contributed by atoms with Crippen molar-refractivity contribution < 1.29 is 18.0 Å². The predicted molar refractivity (Wildman–Crippen MR) is 53.5 cm³/mol. The number of carbonyl (C=O) groups excluding carboxylic acids is 1. The molecule has 0 aliphatic rings. The Kier molecular flexibility index (Phi) is 3.55. The van der Waals surface area contributed by atoms with E-state index in [2.05, 4.69) is 15.9 Å². The molecule has 0 spiro atoms. The smallest absolute Gasteiger partial charge is 0.317 e. The summed E-state index contributed by atoms with van der Waals surface area (Å²) < 4.78 is 36.0. The molecule has 0 atom stereocenters. The average Bonchev–Trinajstić information content (AvgIpc) is 2.19. The number of nitriles is 1. The molecule has 1 aromatic carbocycles. The number of rotatable bonds is 1. The van der Waals surface area contributed by atoms with Gasteiger partial charge in [0.15, 0.2) is 0 Å². The Labute approximate surface area is 97.0 Å². The first-order valence-corrected chi connectivity index (χ1v) is 4.71. The maximum absolute atomic E-state index is 11.9. The molecule has 0 unspecified atom stereocenters. The molecule has 7 heteroatoms. The molecule has 1 N–H and O–H groups in total. The molecule has 1 aromatic rings. The van der Waals surface area contributed by atoms with E-state index in [1.165, 1.54) is 18.2 Å². The molecule has 1 rings (SSSR count). The van der Waals surface area contributed by atoms with Gasteiger partial charge in [-0.25, -0.2) is 0 Å². The molecule has 16 heavy (non-hydrogen) atoms. The highest BCUT2D eigenvalue weighted by atomic mass is 79.9. The lowest BCUT2D eigenvalue weighted by Gasteiger charge is -2.09. The van der Waals surface area contributed by atoms with Gasteiger partial charge in [-0.15, -0.1) is 0 Å². The van der Waals surface area contributed by atoms with E-state index in [0.29, 0.717) is 0 Å². The number of halogens is 4. The van der Waals surface area contributed by atoms with E-state index in [1.54, 1.807) is 5.32 Å². The second-order valence-electron chi connectivity index (χ2n) is 2.76. The summed E-state index contributed by atoms with van der Waals surface area (Å²) in [6.45, 7) is 0. The third-order valence-corrected chi connectivity index (χ3v) is 2.26. The van der Waals surface area contributed by atoms with Gasteiger partial charge in [-0.05, 0) is 34.1 Å². The van der Waals surface area contributed by atoms with Crippen molar-refractivity contribution in [3.63, 3.8) is 0 Å². The fraction of sp³-hybridized carbons (Fsp3) is 0.111. The van der Waals surface area contributed by atoms with E-state index in [4.69, 9.17) is 5.26 Å². The van der Waals surface area contributed by atoms with Gasteiger partial charge in [-0.3, -0.25) is 4.79 Å². The van der Waals surface area contributed by atoms with E-state index < -0.39 is 12.1 Å². The van der Waals surface area contributed by atoms with E-state index in [9.17, 15) is 18.0 Å². The lowest BCUT2D eigenvalue weighted by molar-refractivity contribution is -0.167. The minimum Gasteiger partial charge on any atom is -0.317 e. The van der Waals surface area contributed by atoms with Crippen LogP contribution in [0.3, 0.4) is 0 Å². The zero-order chi connectivity index (χ0) is 12.3. The van der Waals surface area contributed by atoms with Crippen LogP contribution in [0.15, 0.2) is 22.7 Å². The van der Waals surface area contributed by atoms with Crippen LogP contribution in [0.1, 0.15) is 5.56 Å². The summed E-state index contributed by atoms with van der Waals surface area (Å²) in [7, 11) is 0. The summed E-state index contributed by atoms with van der Waals surface area (Å²) in [5.41, 5.74) is 0.234. The van der Waals surface area contributed by atoms with Gasteiger partial charge < -0.3 is 5.32 Å². The summed E-state index contributed by atoms with van der Waals surface area (Å²) in [5.74, 6) is -2.06. The zero-order valence-electron chi connectivity index (χ0n) is 7.60. The minimum atomic E-state index is -4.94. The number of alkyl halides is 3. The molecule has 0 fully saturated rings. The second kappa shape index (κ2) is 4.53. The normalized spacial score (nSPS) is 10.7. The third-order valence-electron chi connectivity index (χ3n) is 1.60. The molecule has 0 aromatic heterocycles. The highest BCUT2D eigenvalue weighted by Crippen LogP contribution is 2.25. The van der Waals surface area contributed by atoms with Crippen molar-refractivity contribution in [3.05, 3.63) is 28.2 Å². The first kappa shape index (κ1) is 12.5. The van der Waals surface area contributed by atoms with E-state index >= 15 is 0 Å². The topological polar surface area (TPSA) is 52.9 Å². The standard InChI is InChI=1S/C9H4BrF3N2O/c10-6-3-5(4-14)1-2-7(6)15-8(16)9(11,12)13/h1-3H,(H,15,16). The van der Waals surface area contributed by atoms with Gasteiger partial charge in [0.05, 0.1) is 17.3 Å². The molecule has 0 bridgehead atoms. The minimum absolute atomic E-state index is 0.0404. The number of nitrogens with one attached hydrogen (secondary N) is 1. The van der Waals surface area contributed by atoms with Crippen molar-refractivity contribution in [2.24, 2.45) is 0 Å². The Morgan fingerprint density at radius 1 is 1.44 bits per heavy atom. The molecule has 0 aliphatic heterocycles. The number of amides is 1. The van der Waals surface area contributed by atoms with Crippen LogP contribution in [-0.2, 0) is 4.79 Å². The first-order chi connectivity index (χ1) is 7.34. The quantitative estimate of drug-likeness (QED) is 0.865. The van der Waals surface area contributed by atoms with Gasteiger partial charge in [0, 0.05) is 4.47 Å². The average molecular weight is 293 g/mol. The molecule has 0 heterocycles. The van der Waals surface area contributed by atoms with E-state index in [-0.39, 0.29) is 15.7 Å². The zero-order valence-corrected chi connectivity index (χ0v) is 9.19. The van der Waals surface area contributed by atoms with Crippen LogP contribution in [0.2, 0.25) is 0 Å². The van der Waals surface area contributed by atoms with Crippen LogP contribution < -0.4 is 5.32 Å². The Balaban J connectivity index is 2.92. The fourth-order valence-electron chi connectivity index (χ4n) is 0.879. The Bertz CT molecular complexity index is 465. The number of hydrogen-bond donors (Lipinski definition) is 1. The number of anilines is 1. The molecule has 1 amide bonds. The molecular weight excluding hydrogens is 289 g/mol. The van der Waals surface area contributed by atoms with Crippen molar-refractivity contribution in [3.8, 4) is 6.07 Å². The van der Waals surface area contributed by atoms with Crippen molar-refractivity contribution >= 4 is 27.5 Å². The second-order valence-corrected chi connectivity index (χ2v) is 3.61. The number of benzene rings is 1. The molecule has 0 saturated carbocycles. The summed E-state index contributed by atoms with van der Waals surface area (Å²) in [6, 6.07) is 5.64. The molecule has 84 valence electrons. The first-order valence-electron chi connectivity index (χ1n) is 3.92. The molecule has 3 nitrogen and oxygen atoms in total. The van der Waals surface area contributed by atoms with Crippen molar-refractivity contribution in [2.75, 3.05) is 5.32 Å². The number of hydrogen-bond acceptors (Lipinski definition) is 2. The summed E-state index contributed by atoms with van der Waals surface area (Å²) in [5, 5.41) is 10.2. The van der Waals surface area contributed by atoms with Crippen molar-refractivity contribution in [1.29, 1.82) is 5.26 Å². The van der Waals surface area contributed by atoms with Crippen LogP contribution in [0.4, 0.5) is 18.9 Å². The van der Waals surface area contributed by atoms with Crippen molar-refractivity contribution in [2.45, 2.75) is 6.18 Å². The Morgan fingerprint density at radius 2 is 2.06 bits per heavy atom. The van der Waals surface area contributed by atoms with Crippen LogP contribution in [0, 0.1) is 11.3 Å². The van der Waals surface area contributed by atoms with Gasteiger partial charge in [0.1, 0.15) is 0 Å². The molecule has 0 radical (unpaired) electrons.